The first kappa shape index (κ1) is 7.65. The Kier molecular flexibility index (Phi) is 1.79. The van der Waals surface area contributed by atoms with Crippen molar-refractivity contribution in [2.75, 3.05) is 6.54 Å². The van der Waals surface area contributed by atoms with Crippen LogP contribution in [0.2, 0.25) is 0 Å². The molecule has 2 atom stereocenters. The summed E-state index contributed by atoms with van der Waals surface area (Å²) in [6.45, 7) is 2.75. The van der Waals surface area contributed by atoms with Gasteiger partial charge in [0.1, 0.15) is 6.10 Å². The lowest BCUT2D eigenvalue weighted by atomic mass is 9.98. The van der Waals surface area contributed by atoms with E-state index in [1.54, 1.807) is 0 Å². The maximum absolute atomic E-state index is 11.2. The minimum absolute atomic E-state index is 0.113. The van der Waals surface area contributed by atoms with Crippen molar-refractivity contribution in [3.05, 3.63) is 12.2 Å². The van der Waals surface area contributed by atoms with E-state index >= 15 is 0 Å². The topological polar surface area (TPSA) is 29.5 Å². The molecule has 0 aromatic rings. The molecule has 0 spiro atoms. The number of hydrogen-bond acceptors (Lipinski definition) is 2. The first-order chi connectivity index (χ1) is 5.83. The number of rotatable bonds is 1. The molecule has 1 aliphatic heterocycles. The zero-order valence-electron chi connectivity index (χ0n) is 7.19. The van der Waals surface area contributed by atoms with E-state index in [0.717, 1.165) is 19.4 Å². The highest BCUT2D eigenvalue weighted by Crippen LogP contribution is 2.27. The molecule has 0 radical (unpaired) electrons. The molecule has 0 aromatic carbocycles. The van der Waals surface area contributed by atoms with Gasteiger partial charge in [0.05, 0.1) is 6.04 Å². The second kappa shape index (κ2) is 2.81. The Morgan fingerprint density at radius 2 is 2.33 bits per heavy atom. The second-order valence-electron chi connectivity index (χ2n) is 3.22. The van der Waals surface area contributed by atoms with Crippen LogP contribution in [0, 0.1) is 0 Å². The number of ether oxygens (including phenoxy) is 1. The van der Waals surface area contributed by atoms with E-state index in [9.17, 15) is 4.79 Å². The molecule has 1 aliphatic carbocycles. The van der Waals surface area contributed by atoms with Crippen LogP contribution < -0.4 is 0 Å². The summed E-state index contributed by atoms with van der Waals surface area (Å²) in [5.41, 5.74) is 0. The summed E-state index contributed by atoms with van der Waals surface area (Å²) in [4.78, 5) is 13.1. The van der Waals surface area contributed by atoms with Crippen LogP contribution in [0.3, 0.4) is 0 Å². The molecular formula is C9H13NO2. The lowest BCUT2D eigenvalue weighted by molar-refractivity contribution is 0.129. The van der Waals surface area contributed by atoms with E-state index in [2.05, 4.69) is 12.2 Å². The zero-order chi connectivity index (χ0) is 8.55. The van der Waals surface area contributed by atoms with Crippen molar-refractivity contribution >= 4 is 6.09 Å². The van der Waals surface area contributed by atoms with Crippen LogP contribution in [0.4, 0.5) is 4.79 Å². The van der Waals surface area contributed by atoms with Crippen LogP contribution in [0.25, 0.3) is 0 Å². The molecule has 0 saturated carbocycles. The van der Waals surface area contributed by atoms with Gasteiger partial charge in [-0.15, -0.1) is 0 Å². The molecule has 1 heterocycles. The van der Waals surface area contributed by atoms with E-state index in [-0.39, 0.29) is 12.2 Å². The van der Waals surface area contributed by atoms with Gasteiger partial charge in [0.15, 0.2) is 0 Å². The lowest BCUT2D eigenvalue weighted by Crippen LogP contribution is -2.36. The third-order valence-electron chi connectivity index (χ3n) is 2.57. The molecule has 0 unspecified atom stereocenters. The third-order valence-corrected chi connectivity index (χ3v) is 2.57. The van der Waals surface area contributed by atoms with Crippen molar-refractivity contribution in [1.82, 2.24) is 4.90 Å². The molecule has 0 aromatic heterocycles. The number of carbonyl (C=O) groups is 1. The quantitative estimate of drug-likeness (QED) is 0.554. The molecule has 2 rings (SSSR count). The Balaban J connectivity index is 2.16. The molecule has 1 fully saturated rings. The SMILES string of the molecule is CCN1C(=O)O[C@H]2CC=CC[C@H]21. The minimum atomic E-state index is -0.142. The van der Waals surface area contributed by atoms with Crippen LogP contribution in [-0.4, -0.2) is 29.7 Å². The van der Waals surface area contributed by atoms with Crippen LogP contribution in [0.5, 0.6) is 0 Å². The van der Waals surface area contributed by atoms with Crippen molar-refractivity contribution in [3.63, 3.8) is 0 Å². The molecule has 12 heavy (non-hydrogen) atoms. The first-order valence-electron chi connectivity index (χ1n) is 4.45. The molecular weight excluding hydrogens is 154 g/mol. The average Bonchev–Trinajstić information content (AvgIpc) is 2.40. The number of carbonyl (C=O) groups excluding carboxylic acids is 1. The first-order valence-corrected chi connectivity index (χ1v) is 4.45. The molecule has 0 bridgehead atoms. The predicted molar refractivity (Wildman–Crippen MR) is 44.8 cm³/mol. The largest absolute Gasteiger partial charge is 0.444 e. The van der Waals surface area contributed by atoms with Gasteiger partial charge in [0.25, 0.3) is 0 Å². The Morgan fingerprint density at radius 3 is 3.08 bits per heavy atom. The predicted octanol–water partition coefficient (Wildman–Crippen LogP) is 1.55. The molecule has 3 heteroatoms. The van der Waals surface area contributed by atoms with E-state index in [4.69, 9.17) is 4.74 Å². The van der Waals surface area contributed by atoms with Gasteiger partial charge in [-0.1, -0.05) is 12.2 Å². The standard InChI is InChI=1S/C9H13NO2/c1-2-10-7-5-3-4-6-8(7)12-9(10)11/h3-4,7-8H,2,5-6H2,1H3/t7-,8+/m1/s1. The fraction of sp³-hybridized carbons (Fsp3) is 0.667. The number of hydrogen-bond donors (Lipinski definition) is 0. The van der Waals surface area contributed by atoms with Crippen molar-refractivity contribution < 1.29 is 9.53 Å². The van der Waals surface area contributed by atoms with E-state index in [1.165, 1.54) is 0 Å². The second-order valence-corrected chi connectivity index (χ2v) is 3.22. The summed E-state index contributed by atoms with van der Waals surface area (Å²) < 4.78 is 5.20. The highest BCUT2D eigenvalue weighted by molar-refractivity contribution is 5.70. The summed E-state index contributed by atoms with van der Waals surface area (Å²) in [5, 5.41) is 0. The summed E-state index contributed by atoms with van der Waals surface area (Å²) in [6.07, 6.45) is 6.02. The average molecular weight is 167 g/mol. The summed E-state index contributed by atoms with van der Waals surface area (Å²) >= 11 is 0. The van der Waals surface area contributed by atoms with Gasteiger partial charge in [-0.25, -0.2) is 4.79 Å². The smallest absolute Gasteiger partial charge is 0.410 e. The number of fused-ring (bicyclic) bond motifs is 1. The van der Waals surface area contributed by atoms with Crippen LogP contribution in [0.15, 0.2) is 12.2 Å². The van der Waals surface area contributed by atoms with Gasteiger partial charge < -0.3 is 9.64 Å². The summed E-state index contributed by atoms with van der Waals surface area (Å²) in [6, 6.07) is 0.299. The van der Waals surface area contributed by atoms with E-state index < -0.39 is 0 Å². The molecule has 1 saturated heterocycles. The van der Waals surface area contributed by atoms with Gasteiger partial charge in [0.2, 0.25) is 0 Å². The minimum Gasteiger partial charge on any atom is -0.444 e. The molecule has 1 amide bonds. The van der Waals surface area contributed by atoms with Crippen LogP contribution in [-0.2, 0) is 4.74 Å². The van der Waals surface area contributed by atoms with Gasteiger partial charge in [-0.05, 0) is 13.3 Å². The van der Waals surface area contributed by atoms with Crippen LogP contribution in [0.1, 0.15) is 19.8 Å². The van der Waals surface area contributed by atoms with Gasteiger partial charge >= 0.3 is 6.09 Å². The maximum Gasteiger partial charge on any atom is 0.410 e. The van der Waals surface area contributed by atoms with Crippen molar-refractivity contribution in [3.8, 4) is 0 Å². The highest BCUT2D eigenvalue weighted by atomic mass is 16.6. The van der Waals surface area contributed by atoms with Crippen LogP contribution >= 0.6 is 0 Å². The summed E-state index contributed by atoms with van der Waals surface area (Å²) in [5.74, 6) is 0. The highest BCUT2D eigenvalue weighted by Gasteiger charge is 2.40. The Labute approximate surface area is 72.0 Å². The zero-order valence-corrected chi connectivity index (χ0v) is 7.19. The monoisotopic (exact) mass is 167 g/mol. The Morgan fingerprint density at radius 1 is 1.58 bits per heavy atom. The fourth-order valence-electron chi connectivity index (χ4n) is 1.93. The van der Waals surface area contributed by atoms with Gasteiger partial charge in [-0.3, -0.25) is 0 Å². The van der Waals surface area contributed by atoms with Gasteiger partial charge in [0, 0.05) is 13.0 Å². The maximum atomic E-state index is 11.2. The number of amides is 1. The molecule has 2 aliphatic rings. The van der Waals surface area contributed by atoms with Gasteiger partial charge in [-0.2, -0.15) is 0 Å². The Hall–Kier alpha value is -0.990. The van der Waals surface area contributed by atoms with E-state index in [1.807, 2.05) is 11.8 Å². The lowest BCUT2D eigenvalue weighted by Gasteiger charge is -2.23. The van der Waals surface area contributed by atoms with Crippen molar-refractivity contribution in [1.29, 1.82) is 0 Å². The van der Waals surface area contributed by atoms with Crippen molar-refractivity contribution in [2.24, 2.45) is 0 Å². The molecule has 66 valence electrons. The normalized spacial score (nSPS) is 33.4. The molecule has 0 N–H and O–H groups in total. The molecule has 3 nitrogen and oxygen atoms in total. The van der Waals surface area contributed by atoms with E-state index in [0.29, 0.717) is 6.04 Å². The Bertz CT molecular complexity index is 225. The van der Waals surface area contributed by atoms with Crippen molar-refractivity contribution in [2.45, 2.75) is 31.9 Å². The third kappa shape index (κ3) is 1.00. The fourth-order valence-corrected chi connectivity index (χ4v) is 1.93. The summed E-state index contributed by atoms with van der Waals surface area (Å²) in [7, 11) is 0. The number of likely N-dealkylation sites (N-methyl/N-ethyl adjacent to an activating group) is 1. The number of nitrogens with zero attached hydrogens (tertiary/aromatic N) is 1.